The number of alkyl halides is 3. The normalized spacial score (nSPS) is 12.6. The van der Waals surface area contributed by atoms with Crippen molar-refractivity contribution in [1.82, 2.24) is 9.97 Å². The van der Waals surface area contributed by atoms with Gasteiger partial charge in [-0.3, -0.25) is 0 Å². The predicted molar refractivity (Wildman–Crippen MR) is 143 cm³/mol. The zero-order valence-electron chi connectivity index (χ0n) is 21.7. The Bertz CT molecular complexity index is 1640. The number of hydrogen-bond donors (Lipinski definition) is 2. The van der Waals surface area contributed by atoms with Crippen molar-refractivity contribution in [3.8, 4) is 28.9 Å². The van der Waals surface area contributed by atoms with Gasteiger partial charge in [-0.25, -0.2) is 19.2 Å². The molecule has 3 aromatic carbocycles. The molecule has 1 aliphatic rings. The van der Waals surface area contributed by atoms with Gasteiger partial charge in [-0.05, 0) is 30.3 Å². The van der Waals surface area contributed by atoms with Gasteiger partial charge in [0.1, 0.15) is 31.5 Å². The number of carbonyl (C=O) groups excluding carboxylic acids is 1. The Morgan fingerprint density at radius 3 is 2.40 bits per heavy atom. The molecule has 0 fully saturated rings. The Morgan fingerprint density at radius 1 is 0.976 bits per heavy atom. The number of halogens is 5. The van der Waals surface area contributed by atoms with Gasteiger partial charge >= 0.3 is 12.2 Å². The molecule has 0 bridgehead atoms. The summed E-state index contributed by atoms with van der Waals surface area (Å²) in [6, 6.07) is 7.15. The van der Waals surface area contributed by atoms with E-state index >= 15 is 4.39 Å². The van der Waals surface area contributed by atoms with Crippen LogP contribution in [0.4, 0.5) is 33.7 Å². The second kappa shape index (κ2) is 12.1. The molecule has 2 heterocycles. The summed E-state index contributed by atoms with van der Waals surface area (Å²) in [4.78, 5) is 20.7. The lowest BCUT2D eigenvalue weighted by atomic mass is 10.1. The number of methoxy groups -OCH3 is 1. The van der Waals surface area contributed by atoms with E-state index in [2.05, 4.69) is 20.6 Å². The third-order valence-corrected chi connectivity index (χ3v) is 6.14. The minimum atomic E-state index is -4.71. The second-order valence-electron chi connectivity index (χ2n) is 8.66. The number of ether oxygens (including phenoxy) is 5. The van der Waals surface area contributed by atoms with Crippen molar-refractivity contribution in [1.29, 1.82) is 0 Å². The van der Waals surface area contributed by atoms with Gasteiger partial charge in [0.15, 0.2) is 23.1 Å². The summed E-state index contributed by atoms with van der Waals surface area (Å²) in [6.45, 7) is 1.12. The fourth-order valence-corrected chi connectivity index (χ4v) is 4.21. The number of anilines is 2. The van der Waals surface area contributed by atoms with Gasteiger partial charge in [-0.1, -0.05) is 11.6 Å². The predicted octanol–water partition coefficient (Wildman–Crippen LogP) is 6.67. The Kier molecular flexibility index (Phi) is 8.36. The topological polar surface area (TPSA) is 113 Å². The lowest BCUT2D eigenvalue weighted by Gasteiger charge is -2.23. The highest BCUT2D eigenvalue weighted by Crippen LogP contribution is 2.48. The van der Waals surface area contributed by atoms with Crippen LogP contribution in [0.25, 0.3) is 10.9 Å². The molecule has 0 radical (unpaired) electrons. The van der Waals surface area contributed by atoms with E-state index in [0.717, 1.165) is 12.1 Å². The maximum absolute atomic E-state index is 15.1. The zero-order chi connectivity index (χ0) is 29.9. The Morgan fingerprint density at radius 2 is 1.69 bits per heavy atom. The van der Waals surface area contributed by atoms with E-state index in [1.807, 2.05) is 0 Å². The van der Waals surface area contributed by atoms with E-state index in [1.165, 1.54) is 24.5 Å². The number of aromatic nitrogens is 2. The van der Waals surface area contributed by atoms with Gasteiger partial charge < -0.3 is 34.3 Å². The van der Waals surface area contributed by atoms with Gasteiger partial charge in [0, 0.05) is 30.6 Å². The molecule has 10 nitrogen and oxygen atoms in total. The smallest absolute Gasteiger partial charge is 0.417 e. The molecule has 0 atom stereocenters. The molecular formula is C27H21ClF4N4O6. The molecule has 0 spiro atoms. The van der Waals surface area contributed by atoms with Crippen molar-refractivity contribution < 1.29 is 46.0 Å². The molecule has 5 rings (SSSR count). The Labute approximate surface area is 240 Å². The van der Waals surface area contributed by atoms with Crippen molar-refractivity contribution in [2.45, 2.75) is 6.18 Å². The Hall–Kier alpha value is -4.56. The summed E-state index contributed by atoms with van der Waals surface area (Å²) < 4.78 is 82.5. The standard InChI is InChI=1S/C27H21ClF4N4O6/c1-38-6-7-39-21-12-19-22(24-23(21)40-8-9-41-24)25(34-13-33-19)42-20-5-3-15(11-18(20)29)36-26(37)35-14-2-4-17(28)16(10-14)27(30,31)32/h2-5,10-13H,6-9H2,1H3,(H2,35,36,37). The van der Waals surface area contributed by atoms with Gasteiger partial charge in [0.2, 0.25) is 11.6 Å². The number of fused-ring (bicyclic) bond motifs is 3. The number of nitrogens with one attached hydrogen (secondary N) is 2. The van der Waals surface area contributed by atoms with Crippen molar-refractivity contribution in [3.05, 3.63) is 65.2 Å². The molecule has 2 amide bonds. The zero-order valence-corrected chi connectivity index (χ0v) is 22.4. The van der Waals surface area contributed by atoms with Crippen LogP contribution in [0.3, 0.4) is 0 Å². The lowest BCUT2D eigenvalue weighted by Crippen LogP contribution is -2.20. The summed E-state index contributed by atoms with van der Waals surface area (Å²) >= 11 is 5.60. The van der Waals surface area contributed by atoms with E-state index in [4.69, 9.17) is 35.3 Å². The van der Waals surface area contributed by atoms with Crippen LogP contribution in [0.2, 0.25) is 5.02 Å². The SMILES string of the molecule is COCCOc1cc2ncnc(Oc3ccc(NC(=O)Nc4ccc(Cl)c(C(F)(F)F)c4)cc3F)c2c2c1OCCO2. The molecular weight excluding hydrogens is 588 g/mol. The minimum Gasteiger partial charge on any atom is -0.487 e. The largest absolute Gasteiger partial charge is 0.487 e. The molecule has 1 aromatic heterocycles. The van der Waals surface area contributed by atoms with Crippen LogP contribution in [0.15, 0.2) is 48.8 Å². The monoisotopic (exact) mass is 608 g/mol. The van der Waals surface area contributed by atoms with Gasteiger partial charge in [-0.2, -0.15) is 13.2 Å². The number of rotatable bonds is 8. The maximum Gasteiger partial charge on any atom is 0.417 e. The number of nitrogens with zero attached hydrogens (tertiary/aromatic N) is 2. The van der Waals surface area contributed by atoms with Gasteiger partial charge in [0.25, 0.3) is 0 Å². The van der Waals surface area contributed by atoms with E-state index < -0.39 is 28.6 Å². The van der Waals surface area contributed by atoms with E-state index in [9.17, 15) is 18.0 Å². The lowest BCUT2D eigenvalue weighted by molar-refractivity contribution is -0.137. The minimum absolute atomic E-state index is 0.00173. The van der Waals surface area contributed by atoms with Gasteiger partial charge in [0.05, 0.1) is 22.7 Å². The maximum atomic E-state index is 15.1. The second-order valence-corrected chi connectivity index (χ2v) is 9.07. The van der Waals surface area contributed by atoms with Crippen LogP contribution >= 0.6 is 11.6 Å². The molecule has 0 aliphatic carbocycles. The molecule has 0 unspecified atom stereocenters. The molecule has 42 heavy (non-hydrogen) atoms. The molecule has 220 valence electrons. The van der Waals surface area contributed by atoms with Crippen LogP contribution in [0, 0.1) is 5.82 Å². The molecule has 1 aliphatic heterocycles. The molecule has 0 saturated heterocycles. The molecule has 4 aromatic rings. The molecule has 0 saturated carbocycles. The van der Waals surface area contributed by atoms with E-state index in [0.29, 0.717) is 35.1 Å². The van der Waals surface area contributed by atoms with Crippen LogP contribution in [-0.2, 0) is 10.9 Å². The summed E-state index contributed by atoms with van der Waals surface area (Å²) in [5, 5.41) is 4.41. The first-order chi connectivity index (χ1) is 20.1. The van der Waals surface area contributed by atoms with E-state index in [-0.39, 0.29) is 48.6 Å². The van der Waals surface area contributed by atoms with Crippen molar-refractivity contribution in [2.75, 3.05) is 44.2 Å². The fourth-order valence-electron chi connectivity index (χ4n) is 3.98. The third kappa shape index (κ3) is 6.34. The van der Waals surface area contributed by atoms with Crippen molar-refractivity contribution in [3.63, 3.8) is 0 Å². The highest BCUT2D eigenvalue weighted by molar-refractivity contribution is 6.31. The Balaban J connectivity index is 1.35. The summed E-state index contributed by atoms with van der Waals surface area (Å²) in [5.41, 5.74) is -0.883. The number of hydrogen-bond acceptors (Lipinski definition) is 8. The molecule has 2 N–H and O–H groups in total. The van der Waals surface area contributed by atoms with Crippen molar-refractivity contribution >= 4 is 39.9 Å². The van der Waals surface area contributed by atoms with Crippen LogP contribution in [0.1, 0.15) is 5.56 Å². The third-order valence-electron chi connectivity index (χ3n) is 5.81. The average molecular weight is 609 g/mol. The first-order valence-corrected chi connectivity index (χ1v) is 12.6. The fraction of sp³-hybridized carbons (Fsp3) is 0.222. The highest BCUT2D eigenvalue weighted by Gasteiger charge is 2.33. The number of carbonyl (C=O) groups is 1. The number of urea groups is 1. The van der Waals surface area contributed by atoms with Crippen LogP contribution < -0.4 is 29.6 Å². The number of amides is 2. The van der Waals surface area contributed by atoms with Gasteiger partial charge in [-0.15, -0.1) is 0 Å². The van der Waals surface area contributed by atoms with Crippen LogP contribution in [0.5, 0.6) is 28.9 Å². The first-order valence-electron chi connectivity index (χ1n) is 12.2. The summed E-state index contributed by atoms with van der Waals surface area (Å²) in [6.07, 6.45) is -3.48. The number of benzene rings is 3. The quantitative estimate of drug-likeness (QED) is 0.168. The van der Waals surface area contributed by atoms with Crippen LogP contribution in [-0.4, -0.2) is 49.5 Å². The average Bonchev–Trinajstić information content (AvgIpc) is 2.95. The highest BCUT2D eigenvalue weighted by atomic mass is 35.5. The van der Waals surface area contributed by atoms with Crippen molar-refractivity contribution in [2.24, 2.45) is 0 Å². The summed E-state index contributed by atoms with van der Waals surface area (Å²) in [5.74, 6) is -0.153. The van der Waals surface area contributed by atoms with E-state index in [1.54, 1.807) is 13.2 Å². The first kappa shape index (κ1) is 29.0. The molecule has 15 heteroatoms. The summed E-state index contributed by atoms with van der Waals surface area (Å²) in [7, 11) is 1.55.